The van der Waals surface area contributed by atoms with Gasteiger partial charge in [-0.2, -0.15) is 0 Å². The maximum atomic E-state index is 12.5. The Morgan fingerprint density at radius 1 is 1.40 bits per heavy atom. The van der Waals surface area contributed by atoms with Gasteiger partial charge in [0.2, 0.25) is 0 Å². The van der Waals surface area contributed by atoms with Crippen LogP contribution in [0.5, 0.6) is 11.5 Å². The van der Waals surface area contributed by atoms with Crippen LogP contribution in [0.3, 0.4) is 0 Å². The Morgan fingerprint density at radius 3 is 2.60 bits per heavy atom. The number of amides is 1. The normalized spacial score (nSPS) is 17.2. The Balaban J connectivity index is 2.17. The topological polar surface area (TPSA) is 49.8 Å². The summed E-state index contributed by atoms with van der Waals surface area (Å²) in [6.45, 7) is 5.92. The van der Waals surface area contributed by atoms with E-state index in [1.54, 1.807) is 12.1 Å². The molecule has 0 spiro atoms. The highest BCUT2D eigenvalue weighted by atomic mass is 16.5. The third-order valence-corrected chi connectivity index (χ3v) is 4.66. The number of benzene rings is 1. The summed E-state index contributed by atoms with van der Waals surface area (Å²) < 4.78 is 5.04. The van der Waals surface area contributed by atoms with Crippen LogP contribution >= 0.6 is 0 Å². The molecule has 0 aromatic heterocycles. The minimum absolute atomic E-state index is 0.0140. The first-order valence-corrected chi connectivity index (χ1v) is 7.21. The number of hydrogen-bond donors (Lipinski definition) is 1. The fourth-order valence-electron chi connectivity index (χ4n) is 2.93. The Hall–Kier alpha value is -1.71. The molecule has 0 aliphatic carbocycles. The third kappa shape index (κ3) is 2.60. The molecule has 0 saturated carbocycles. The van der Waals surface area contributed by atoms with Crippen molar-refractivity contribution in [3.63, 3.8) is 0 Å². The first kappa shape index (κ1) is 14.7. The monoisotopic (exact) mass is 277 g/mol. The van der Waals surface area contributed by atoms with E-state index >= 15 is 0 Å². The average Bonchev–Trinajstić information content (AvgIpc) is 2.91. The van der Waals surface area contributed by atoms with E-state index in [-0.39, 0.29) is 17.1 Å². The Labute approximate surface area is 120 Å². The van der Waals surface area contributed by atoms with Gasteiger partial charge in [-0.25, -0.2) is 0 Å². The van der Waals surface area contributed by atoms with Crippen molar-refractivity contribution in [1.29, 1.82) is 0 Å². The second kappa shape index (κ2) is 5.73. The molecule has 1 aromatic carbocycles. The molecule has 1 aromatic rings. The molecule has 4 heteroatoms. The molecule has 1 N–H and O–H groups in total. The predicted octanol–water partition coefficient (Wildman–Crippen LogP) is 3.05. The molecule has 0 unspecified atom stereocenters. The van der Waals surface area contributed by atoms with Crippen LogP contribution in [-0.4, -0.2) is 36.1 Å². The Kier molecular flexibility index (Phi) is 4.21. The number of nitrogens with zero attached hydrogens (tertiary/aromatic N) is 1. The van der Waals surface area contributed by atoms with E-state index in [1.165, 1.54) is 13.2 Å². The summed E-state index contributed by atoms with van der Waals surface area (Å²) in [5, 5.41) is 9.97. The van der Waals surface area contributed by atoms with Crippen LogP contribution in [0.25, 0.3) is 0 Å². The number of methoxy groups -OCH3 is 1. The van der Waals surface area contributed by atoms with E-state index < -0.39 is 0 Å². The van der Waals surface area contributed by atoms with Crippen LogP contribution in [0.4, 0.5) is 0 Å². The fourth-order valence-corrected chi connectivity index (χ4v) is 2.93. The molecule has 110 valence electrons. The van der Waals surface area contributed by atoms with Crippen LogP contribution in [0, 0.1) is 5.41 Å². The summed E-state index contributed by atoms with van der Waals surface area (Å²) in [5.41, 5.74) is 0.603. The van der Waals surface area contributed by atoms with Gasteiger partial charge in [0, 0.05) is 19.2 Å². The Morgan fingerprint density at radius 2 is 2.10 bits per heavy atom. The molecule has 0 radical (unpaired) electrons. The van der Waals surface area contributed by atoms with Gasteiger partial charge in [-0.05, 0) is 36.8 Å². The smallest absolute Gasteiger partial charge is 0.257 e. The van der Waals surface area contributed by atoms with Gasteiger partial charge in [0.25, 0.3) is 5.91 Å². The molecule has 0 atom stereocenters. The van der Waals surface area contributed by atoms with E-state index in [0.717, 1.165) is 32.4 Å². The van der Waals surface area contributed by atoms with Gasteiger partial charge < -0.3 is 14.7 Å². The van der Waals surface area contributed by atoms with Crippen LogP contribution in [0.1, 0.15) is 43.5 Å². The molecule has 1 saturated heterocycles. The number of carbonyl (C=O) groups is 1. The molecule has 1 aliphatic heterocycles. The minimum Gasteiger partial charge on any atom is -0.507 e. The zero-order valence-electron chi connectivity index (χ0n) is 12.5. The number of ether oxygens (including phenoxy) is 1. The molecule has 4 nitrogen and oxygen atoms in total. The number of phenolic OH excluding ortho intramolecular Hbond substituents is 1. The lowest BCUT2D eigenvalue weighted by Gasteiger charge is -2.26. The molecular formula is C16H23NO3. The highest BCUT2D eigenvalue weighted by molar-refractivity contribution is 5.97. The highest BCUT2D eigenvalue weighted by Gasteiger charge is 2.37. The van der Waals surface area contributed by atoms with Crippen molar-refractivity contribution >= 4 is 5.91 Å². The number of rotatable bonds is 4. The zero-order valence-corrected chi connectivity index (χ0v) is 12.5. The van der Waals surface area contributed by atoms with Gasteiger partial charge in [0.15, 0.2) is 0 Å². The first-order valence-electron chi connectivity index (χ1n) is 7.21. The van der Waals surface area contributed by atoms with Crippen molar-refractivity contribution in [1.82, 2.24) is 4.90 Å². The number of likely N-dealkylation sites (tertiary alicyclic amines) is 1. The second-order valence-corrected chi connectivity index (χ2v) is 5.57. The lowest BCUT2D eigenvalue weighted by molar-refractivity contribution is 0.0767. The molecule has 1 aliphatic rings. The van der Waals surface area contributed by atoms with Gasteiger partial charge in [-0.15, -0.1) is 0 Å². The minimum atomic E-state index is -0.0890. The van der Waals surface area contributed by atoms with Crippen molar-refractivity contribution in [2.45, 2.75) is 33.1 Å². The largest absolute Gasteiger partial charge is 0.507 e. The SMILES string of the molecule is CCC1(CC)CCN(C(=O)c2ccc(OC)cc2O)C1. The van der Waals surface area contributed by atoms with Crippen LogP contribution in [-0.2, 0) is 0 Å². The van der Waals surface area contributed by atoms with Crippen molar-refractivity contribution in [3.8, 4) is 11.5 Å². The van der Waals surface area contributed by atoms with E-state index in [0.29, 0.717) is 11.3 Å². The molecular weight excluding hydrogens is 254 g/mol. The second-order valence-electron chi connectivity index (χ2n) is 5.57. The summed E-state index contributed by atoms with van der Waals surface area (Å²) in [5.74, 6) is 0.450. The molecule has 0 bridgehead atoms. The van der Waals surface area contributed by atoms with E-state index in [1.807, 2.05) is 4.90 Å². The fraction of sp³-hybridized carbons (Fsp3) is 0.562. The summed E-state index contributed by atoms with van der Waals surface area (Å²) in [4.78, 5) is 14.4. The standard InChI is InChI=1S/C16H23NO3/c1-4-16(5-2)8-9-17(11-16)15(19)13-7-6-12(20-3)10-14(13)18/h6-7,10,18H,4-5,8-9,11H2,1-3H3. The van der Waals surface area contributed by atoms with Gasteiger partial charge >= 0.3 is 0 Å². The van der Waals surface area contributed by atoms with E-state index in [4.69, 9.17) is 4.74 Å². The average molecular weight is 277 g/mol. The summed E-state index contributed by atoms with van der Waals surface area (Å²) in [6, 6.07) is 4.82. The lowest BCUT2D eigenvalue weighted by Crippen LogP contribution is -2.31. The first-order chi connectivity index (χ1) is 9.55. The molecule has 1 amide bonds. The highest BCUT2D eigenvalue weighted by Crippen LogP contribution is 2.38. The van der Waals surface area contributed by atoms with Gasteiger partial charge in [0.05, 0.1) is 12.7 Å². The van der Waals surface area contributed by atoms with Crippen molar-refractivity contribution in [2.75, 3.05) is 20.2 Å². The van der Waals surface area contributed by atoms with Crippen LogP contribution in [0.2, 0.25) is 0 Å². The van der Waals surface area contributed by atoms with Gasteiger partial charge in [0.1, 0.15) is 11.5 Å². The number of carbonyl (C=O) groups excluding carboxylic acids is 1. The zero-order chi connectivity index (χ0) is 14.8. The van der Waals surface area contributed by atoms with E-state index in [2.05, 4.69) is 13.8 Å². The van der Waals surface area contributed by atoms with Gasteiger partial charge in [-0.3, -0.25) is 4.79 Å². The van der Waals surface area contributed by atoms with Crippen molar-refractivity contribution in [3.05, 3.63) is 23.8 Å². The third-order valence-electron chi connectivity index (χ3n) is 4.66. The molecule has 1 fully saturated rings. The summed E-state index contributed by atoms with van der Waals surface area (Å²) in [6.07, 6.45) is 3.21. The van der Waals surface area contributed by atoms with E-state index in [9.17, 15) is 9.90 Å². The van der Waals surface area contributed by atoms with Crippen LogP contribution in [0.15, 0.2) is 18.2 Å². The van der Waals surface area contributed by atoms with Crippen LogP contribution < -0.4 is 4.74 Å². The molecule has 1 heterocycles. The number of hydrogen-bond acceptors (Lipinski definition) is 3. The van der Waals surface area contributed by atoms with Gasteiger partial charge in [-0.1, -0.05) is 13.8 Å². The summed E-state index contributed by atoms with van der Waals surface area (Å²) >= 11 is 0. The maximum absolute atomic E-state index is 12.5. The predicted molar refractivity (Wildman–Crippen MR) is 78.2 cm³/mol. The summed E-state index contributed by atoms with van der Waals surface area (Å²) in [7, 11) is 1.54. The maximum Gasteiger partial charge on any atom is 0.257 e. The quantitative estimate of drug-likeness (QED) is 0.920. The molecule has 2 rings (SSSR count). The molecule has 20 heavy (non-hydrogen) atoms. The number of phenols is 1. The Bertz CT molecular complexity index is 494. The lowest BCUT2D eigenvalue weighted by atomic mass is 9.82. The van der Waals surface area contributed by atoms with Crippen molar-refractivity contribution < 1.29 is 14.6 Å². The van der Waals surface area contributed by atoms with Crippen molar-refractivity contribution in [2.24, 2.45) is 5.41 Å². The number of aromatic hydroxyl groups is 1.